The van der Waals surface area contributed by atoms with E-state index in [1.807, 2.05) is 12.1 Å². The standard InChI is InChI=1S/C14H10Cl2O2/c15-4-3-8-5-10(17)7-13-14(8)11-2-1-9(16)6-12(11)18-13/h1-2,5-7,17H,3-4H2. The van der Waals surface area contributed by atoms with Crippen LogP contribution in [0.1, 0.15) is 5.56 Å². The monoisotopic (exact) mass is 280 g/mol. The SMILES string of the molecule is Oc1cc(CCCl)c2c(c1)oc1cc(Cl)ccc12. The van der Waals surface area contributed by atoms with Crippen molar-refractivity contribution in [2.75, 3.05) is 5.88 Å². The van der Waals surface area contributed by atoms with Crippen LogP contribution in [0.3, 0.4) is 0 Å². The Hall–Kier alpha value is -1.38. The maximum absolute atomic E-state index is 9.69. The molecule has 0 saturated heterocycles. The van der Waals surface area contributed by atoms with Crippen molar-refractivity contribution in [2.24, 2.45) is 0 Å². The molecule has 0 amide bonds. The number of fused-ring (bicyclic) bond motifs is 3. The molecule has 0 atom stereocenters. The van der Waals surface area contributed by atoms with Gasteiger partial charge in [-0.1, -0.05) is 11.6 Å². The van der Waals surface area contributed by atoms with Crippen LogP contribution >= 0.6 is 23.2 Å². The van der Waals surface area contributed by atoms with E-state index in [1.165, 1.54) is 0 Å². The molecule has 18 heavy (non-hydrogen) atoms. The lowest BCUT2D eigenvalue weighted by molar-refractivity contribution is 0.474. The summed E-state index contributed by atoms with van der Waals surface area (Å²) in [6.07, 6.45) is 0.684. The highest BCUT2D eigenvalue weighted by Crippen LogP contribution is 2.35. The Kier molecular flexibility index (Phi) is 2.84. The molecule has 0 fully saturated rings. The molecule has 0 unspecified atom stereocenters. The average molecular weight is 281 g/mol. The van der Waals surface area contributed by atoms with E-state index in [0.717, 1.165) is 21.9 Å². The Labute approximate surface area is 114 Å². The molecular formula is C14H10Cl2O2. The van der Waals surface area contributed by atoms with E-state index in [9.17, 15) is 5.11 Å². The maximum atomic E-state index is 9.69. The van der Waals surface area contributed by atoms with E-state index in [0.29, 0.717) is 22.9 Å². The molecule has 2 nitrogen and oxygen atoms in total. The van der Waals surface area contributed by atoms with Gasteiger partial charge in [-0.3, -0.25) is 0 Å². The third-order valence-electron chi connectivity index (χ3n) is 2.97. The lowest BCUT2D eigenvalue weighted by atomic mass is 10.0. The first-order valence-electron chi connectivity index (χ1n) is 5.58. The minimum atomic E-state index is 0.188. The highest BCUT2D eigenvalue weighted by molar-refractivity contribution is 6.31. The first-order chi connectivity index (χ1) is 8.69. The van der Waals surface area contributed by atoms with Crippen LogP contribution in [0, 0.1) is 0 Å². The number of furan rings is 1. The zero-order chi connectivity index (χ0) is 12.7. The summed E-state index contributed by atoms with van der Waals surface area (Å²) in [5, 5.41) is 12.3. The highest BCUT2D eigenvalue weighted by atomic mass is 35.5. The smallest absolute Gasteiger partial charge is 0.139 e. The fourth-order valence-electron chi connectivity index (χ4n) is 2.25. The maximum Gasteiger partial charge on any atom is 0.139 e. The van der Waals surface area contributed by atoms with Crippen LogP contribution in [0.25, 0.3) is 21.9 Å². The van der Waals surface area contributed by atoms with E-state index in [2.05, 4.69) is 0 Å². The van der Waals surface area contributed by atoms with Gasteiger partial charge >= 0.3 is 0 Å². The Bertz CT molecular complexity index is 731. The van der Waals surface area contributed by atoms with Crippen LogP contribution in [-0.2, 0) is 6.42 Å². The minimum Gasteiger partial charge on any atom is -0.508 e. The number of aryl methyl sites for hydroxylation is 1. The van der Waals surface area contributed by atoms with E-state index in [1.54, 1.807) is 18.2 Å². The van der Waals surface area contributed by atoms with Crippen LogP contribution < -0.4 is 0 Å². The van der Waals surface area contributed by atoms with Crippen LogP contribution in [-0.4, -0.2) is 11.0 Å². The number of phenolic OH excluding ortho intramolecular Hbond substituents is 1. The van der Waals surface area contributed by atoms with Crippen molar-refractivity contribution in [3.05, 3.63) is 40.9 Å². The number of hydrogen-bond acceptors (Lipinski definition) is 2. The molecule has 4 heteroatoms. The normalized spacial score (nSPS) is 11.4. The molecule has 2 aromatic carbocycles. The molecule has 0 aliphatic rings. The van der Waals surface area contributed by atoms with Crippen LogP contribution in [0.2, 0.25) is 5.02 Å². The molecule has 92 valence electrons. The topological polar surface area (TPSA) is 33.4 Å². The predicted octanol–water partition coefficient (Wildman–Crippen LogP) is 4.73. The molecule has 0 radical (unpaired) electrons. The number of rotatable bonds is 2. The lowest BCUT2D eigenvalue weighted by Gasteiger charge is -2.01. The van der Waals surface area contributed by atoms with Gasteiger partial charge in [-0.05, 0) is 30.2 Å². The van der Waals surface area contributed by atoms with Crippen molar-refractivity contribution in [2.45, 2.75) is 6.42 Å². The fraction of sp³-hybridized carbons (Fsp3) is 0.143. The summed E-state index contributed by atoms with van der Waals surface area (Å²) < 4.78 is 5.71. The third-order valence-corrected chi connectivity index (χ3v) is 3.39. The highest BCUT2D eigenvalue weighted by Gasteiger charge is 2.12. The zero-order valence-electron chi connectivity index (χ0n) is 9.41. The second-order valence-electron chi connectivity index (χ2n) is 4.16. The first-order valence-corrected chi connectivity index (χ1v) is 6.50. The van der Waals surface area contributed by atoms with E-state index in [4.69, 9.17) is 27.6 Å². The van der Waals surface area contributed by atoms with Crippen molar-refractivity contribution < 1.29 is 9.52 Å². The second kappa shape index (κ2) is 4.38. The molecule has 0 aliphatic heterocycles. The number of halogens is 2. The molecule has 0 spiro atoms. The Morgan fingerprint density at radius 3 is 2.72 bits per heavy atom. The van der Waals surface area contributed by atoms with Crippen molar-refractivity contribution in [3.63, 3.8) is 0 Å². The molecule has 0 saturated carbocycles. The van der Waals surface area contributed by atoms with Crippen molar-refractivity contribution in [3.8, 4) is 5.75 Å². The van der Waals surface area contributed by atoms with Gasteiger partial charge in [-0.25, -0.2) is 0 Å². The zero-order valence-corrected chi connectivity index (χ0v) is 10.9. The van der Waals surface area contributed by atoms with Crippen LogP contribution in [0.4, 0.5) is 0 Å². The van der Waals surface area contributed by atoms with E-state index < -0.39 is 0 Å². The van der Waals surface area contributed by atoms with Crippen LogP contribution in [0.5, 0.6) is 5.75 Å². The van der Waals surface area contributed by atoms with Gasteiger partial charge in [0.1, 0.15) is 16.9 Å². The molecular weight excluding hydrogens is 271 g/mol. The average Bonchev–Trinajstić information content (AvgIpc) is 2.65. The van der Waals surface area contributed by atoms with Gasteiger partial charge in [-0.15, -0.1) is 11.6 Å². The minimum absolute atomic E-state index is 0.188. The Morgan fingerprint density at radius 2 is 1.94 bits per heavy atom. The third kappa shape index (κ3) is 1.82. The molecule has 0 aliphatic carbocycles. The molecule has 0 bridgehead atoms. The number of aromatic hydroxyl groups is 1. The fourth-order valence-corrected chi connectivity index (χ4v) is 2.61. The second-order valence-corrected chi connectivity index (χ2v) is 4.97. The van der Waals surface area contributed by atoms with Crippen LogP contribution in [0.15, 0.2) is 34.7 Å². The summed E-state index contributed by atoms with van der Waals surface area (Å²) in [6.45, 7) is 0. The van der Waals surface area contributed by atoms with Gasteiger partial charge in [0, 0.05) is 33.8 Å². The van der Waals surface area contributed by atoms with E-state index >= 15 is 0 Å². The van der Waals surface area contributed by atoms with Crippen molar-refractivity contribution in [1.29, 1.82) is 0 Å². The number of alkyl halides is 1. The first kappa shape index (κ1) is 11.7. The summed E-state index contributed by atoms with van der Waals surface area (Å²) in [6, 6.07) is 8.88. The van der Waals surface area contributed by atoms with Gasteiger partial charge < -0.3 is 9.52 Å². The van der Waals surface area contributed by atoms with Crippen molar-refractivity contribution in [1.82, 2.24) is 0 Å². The number of phenols is 1. The summed E-state index contributed by atoms with van der Waals surface area (Å²) in [5.74, 6) is 0.687. The molecule has 1 aromatic heterocycles. The largest absolute Gasteiger partial charge is 0.508 e. The Morgan fingerprint density at radius 1 is 1.11 bits per heavy atom. The predicted molar refractivity (Wildman–Crippen MR) is 74.8 cm³/mol. The summed E-state index contributed by atoms with van der Waals surface area (Å²) in [7, 11) is 0. The number of benzene rings is 2. The van der Waals surface area contributed by atoms with Gasteiger partial charge in [-0.2, -0.15) is 0 Å². The van der Waals surface area contributed by atoms with Gasteiger partial charge in [0.25, 0.3) is 0 Å². The van der Waals surface area contributed by atoms with E-state index in [-0.39, 0.29) is 5.75 Å². The van der Waals surface area contributed by atoms with Gasteiger partial charge in [0.2, 0.25) is 0 Å². The van der Waals surface area contributed by atoms with Gasteiger partial charge in [0.15, 0.2) is 0 Å². The molecule has 1 heterocycles. The molecule has 3 aromatic rings. The lowest BCUT2D eigenvalue weighted by Crippen LogP contribution is -1.87. The number of hydrogen-bond donors (Lipinski definition) is 1. The quantitative estimate of drug-likeness (QED) is 0.689. The van der Waals surface area contributed by atoms with Gasteiger partial charge in [0.05, 0.1) is 0 Å². The molecule has 1 N–H and O–H groups in total. The summed E-state index contributed by atoms with van der Waals surface area (Å²) in [4.78, 5) is 0. The van der Waals surface area contributed by atoms with Crippen molar-refractivity contribution >= 4 is 45.1 Å². The summed E-state index contributed by atoms with van der Waals surface area (Å²) >= 11 is 11.7. The summed E-state index contributed by atoms with van der Waals surface area (Å²) in [5.41, 5.74) is 2.37. The molecule has 3 rings (SSSR count). The Balaban J connectivity index is 2.42.